The Morgan fingerprint density at radius 2 is 1.87 bits per heavy atom. The molecular formula is C19H24N2O2. The fraction of sp³-hybridized carbons (Fsp3) is 0.316. The first-order valence-electron chi connectivity index (χ1n) is 7.65. The van der Waals surface area contributed by atoms with Gasteiger partial charge in [0, 0.05) is 11.4 Å². The fourth-order valence-corrected chi connectivity index (χ4v) is 2.37. The van der Waals surface area contributed by atoms with Crippen LogP contribution in [0, 0.1) is 6.92 Å². The van der Waals surface area contributed by atoms with E-state index in [0.29, 0.717) is 5.69 Å². The molecule has 3 N–H and O–H groups in total. The highest BCUT2D eigenvalue weighted by Crippen LogP contribution is 2.30. The van der Waals surface area contributed by atoms with E-state index in [2.05, 4.69) is 26.1 Å². The van der Waals surface area contributed by atoms with E-state index in [1.807, 2.05) is 37.3 Å². The van der Waals surface area contributed by atoms with Gasteiger partial charge in [-0.2, -0.15) is 0 Å². The molecule has 1 amide bonds. The van der Waals surface area contributed by atoms with Crippen molar-refractivity contribution in [2.75, 3.05) is 17.7 Å². The van der Waals surface area contributed by atoms with Crippen molar-refractivity contribution in [3.05, 3.63) is 53.6 Å². The quantitative estimate of drug-likeness (QED) is 0.842. The molecule has 0 unspecified atom stereocenters. The van der Waals surface area contributed by atoms with Crippen molar-refractivity contribution < 1.29 is 9.53 Å². The average Bonchev–Trinajstić information content (AvgIpc) is 2.47. The molecule has 23 heavy (non-hydrogen) atoms. The van der Waals surface area contributed by atoms with Crippen LogP contribution in [0.4, 0.5) is 11.4 Å². The summed E-state index contributed by atoms with van der Waals surface area (Å²) in [6.45, 7) is 8.23. The Balaban J connectivity index is 2.03. The second-order valence-electron chi connectivity index (χ2n) is 6.66. The molecule has 4 heteroatoms. The summed E-state index contributed by atoms with van der Waals surface area (Å²) in [5.41, 5.74) is 9.10. The van der Waals surface area contributed by atoms with E-state index >= 15 is 0 Å². The van der Waals surface area contributed by atoms with Gasteiger partial charge < -0.3 is 15.8 Å². The van der Waals surface area contributed by atoms with Gasteiger partial charge in [0.15, 0.2) is 6.61 Å². The maximum Gasteiger partial charge on any atom is 0.262 e. The van der Waals surface area contributed by atoms with Crippen LogP contribution in [0.5, 0.6) is 5.75 Å². The molecule has 0 saturated heterocycles. The number of nitrogen functional groups attached to an aromatic ring is 1. The van der Waals surface area contributed by atoms with E-state index < -0.39 is 0 Å². The van der Waals surface area contributed by atoms with Gasteiger partial charge in [0.05, 0.1) is 0 Å². The zero-order valence-corrected chi connectivity index (χ0v) is 14.1. The molecule has 2 rings (SSSR count). The molecule has 2 aromatic carbocycles. The van der Waals surface area contributed by atoms with Crippen LogP contribution in [0.15, 0.2) is 42.5 Å². The Morgan fingerprint density at radius 3 is 2.52 bits per heavy atom. The summed E-state index contributed by atoms with van der Waals surface area (Å²) in [5.74, 6) is 0.547. The summed E-state index contributed by atoms with van der Waals surface area (Å²) in [6.07, 6.45) is 0. The summed E-state index contributed by atoms with van der Waals surface area (Å²) < 4.78 is 5.72. The lowest BCUT2D eigenvalue weighted by molar-refractivity contribution is -0.118. The van der Waals surface area contributed by atoms with Crippen molar-refractivity contribution >= 4 is 17.3 Å². The van der Waals surface area contributed by atoms with Crippen molar-refractivity contribution in [1.29, 1.82) is 0 Å². The van der Waals surface area contributed by atoms with Crippen LogP contribution in [-0.2, 0) is 10.2 Å². The van der Waals surface area contributed by atoms with E-state index in [9.17, 15) is 4.79 Å². The number of carbonyl (C=O) groups is 1. The number of anilines is 2. The second-order valence-corrected chi connectivity index (χ2v) is 6.66. The van der Waals surface area contributed by atoms with Gasteiger partial charge in [-0.3, -0.25) is 4.79 Å². The van der Waals surface area contributed by atoms with Crippen LogP contribution >= 0.6 is 0 Å². The number of nitrogens with one attached hydrogen (secondary N) is 1. The topological polar surface area (TPSA) is 64.3 Å². The summed E-state index contributed by atoms with van der Waals surface area (Å²) in [4.78, 5) is 12.1. The SMILES string of the molecule is Cc1cc(N)ccc1NC(=O)COc1ccccc1C(C)(C)C. The number of nitrogens with two attached hydrogens (primary N) is 1. The standard InChI is InChI=1S/C19H24N2O2/c1-13-11-14(20)9-10-16(13)21-18(22)12-23-17-8-6-5-7-15(17)19(2,3)4/h5-11H,12,20H2,1-4H3,(H,21,22). The number of aryl methyl sites for hydroxylation is 1. The molecule has 0 saturated carbocycles. The molecule has 0 aliphatic carbocycles. The third-order valence-corrected chi connectivity index (χ3v) is 3.58. The minimum Gasteiger partial charge on any atom is -0.483 e. The van der Waals surface area contributed by atoms with Crippen LogP contribution < -0.4 is 15.8 Å². The van der Waals surface area contributed by atoms with Crippen molar-refractivity contribution in [2.45, 2.75) is 33.1 Å². The molecule has 4 nitrogen and oxygen atoms in total. The zero-order chi connectivity index (χ0) is 17.0. The third-order valence-electron chi connectivity index (χ3n) is 3.58. The van der Waals surface area contributed by atoms with Gasteiger partial charge in [0.25, 0.3) is 5.91 Å². The Morgan fingerprint density at radius 1 is 1.17 bits per heavy atom. The number of hydrogen-bond acceptors (Lipinski definition) is 3. The summed E-state index contributed by atoms with van der Waals surface area (Å²) in [5, 5.41) is 2.85. The van der Waals surface area contributed by atoms with Crippen LogP contribution in [-0.4, -0.2) is 12.5 Å². The number of para-hydroxylation sites is 1. The summed E-state index contributed by atoms with van der Waals surface area (Å²) >= 11 is 0. The van der Waals surface area contributed by atoms with Crippen molar-refractivity contribution in [2.24, 2.45) is 0 Å². The van der Waals surface area contributed by atoms with E-state index in [1.54, 1.807) is 12.1 Å². The van der Waals surface area contributed by atoms with Gasteiger partial charge in [0.1, 0.15) is 5.75 Å². The van der Waals surface area contributed by atoms with Crippen molar-refractivity contribution in [3.8, 4) is 5.75 Å². The number of carbonyl (C=O) groups excluding carboxylic acids is 1. The number of benzene rings is 2. The Labute approximate surface area is 137 Å². The fourth-order valence-electron chi connectivity index (χ4n) is 2.37. The van der Waals surface area contributed by atoms with Gasteiger partial charge >= 0.3 is 0 Å². The van der Waals surface area contributed by atoms with E-state index in [0.717, 1.165) is 22.6 Å². The molecular weight excluding hydrogens is 288 g/mol. The highest BCUT2D eigenvalue weighted by molar-refractivity contribution is 5.92. The normalized spacial score (nSPS) is 11.1. The number of amides is 1. The Kier molecular flexibility index (Phi) is 4.94. The molecule has 0 heterocycles. The lowest BCUT2D eigenvalue weighted by atomic mass is 9.86. The van der Waals surface area contributed by atoms with E-state index in [4.69, 9.17) is 10.5 Å². The average molecular weight is 312 g/mol. The smallest absolute Gasteiger partial charge is 0.262 e. The van der Waals surface area contributed by atoms with E-state index in [-0.39, 0.29) is 17.9 Å². The van der Waals surface area contributed by atoms with Gasteiger partial charge in [-0.25, -0.2) is 0 Å². The second kappa shape index (κ2) is 6.73. The molecule has 0 atom stereocenters. The van der Waals surface area contributed by atoms with Crippen molar-refractivity contribution in [3.63, 3.8) is 0 Å². The van der Waals surface area contributed by atoms with Crippen LogP contribution in [0.1, 0.15) is 31.9 Å². The van der Waals surface area contributed by atoms with Gasteiger partial charge in [-0.05, 0) is 47.7 Å². The number of rotatable bonds is 4. The minimum atomic E-state index is -0.193. The summed E-state index contributed by atoms with van der Waals surface area (Å²) in [7, 11) is 0. The van der Waals surface area contributed by atoms with Gasteiger partial charge in [0.2, 0.25) is 0 Å². The van der Waals surface area contributed by atoms with Crippen LogP contribution in [0.3, 0.4) is 0 Å². The Bertz CT molecular complexity index is 703. The molecule has 2 aromatic rings. The molecule has 0 spiro atoms. The first kappa shape index (κ1) is 16.9. The maximum atomic E-state index is 12.1. The lowest BCUT2D eigenvalue weighted by Crippen LogP contribution is -2.22. The zero-order valence-electron chi connectivity index (χ0n) is 14.1. The molecule has 0 aliphatic rings. The number of hydrogen-bond donors (Lipinski definition) is 2. The lowest BCUT2D eigenvalue weighted by Gasteiger charge is -2.22. The van der Waals surface area contributed by atoms with Gasteiger partial charge in [-0.1, -0.05) is 39.0 Å². The number of ether oxygens (including phenoxy) is 1. The Hall–Kier alpha value is -2.49. The predicted octanol–water partition coefficient (Wildman–Crippen LogP) is 3.89. The maximum absolute atomic E-state index is 12.1. The first-order chi connectivity index (χ1) is 10.8. The summed E-state index contributed by atoms with van der Waals surface area (Å²) in [6, 6.07) is 13.2. The third kappa shape index (κ3) is 4.49. The molecule has 0 bridgehead atoms. The van der Waals surface area contributed by atoms with Gasteiger partial charge in [-0.15, -0.1) is 0 Å². The van der Waals surface area contributed by atoms with Crippen LogP contribution in [0.2, 0.25) is 0 Å². The molecule has 0 fully saturated rings. The van der Waals surface area contributed by atoms with Crippen molar-refractivity contribution in [1.82, 2.24) is 0 Å². The van der Waals surface area contributed by atoms with E-state index in [1.165, 1.54) is 0 Å². The molecule has 0 radical (unpaired) electrons. The highest BCUT2D eigenvalue weighted by atomic mass is 16.5. The molecule has 0 aromatic heterocycles. The van der Waals surface area contributed by atoms with Crippen LogP contribution in [0.25, 0.3) is 0 Å². The predicted molar refractivity (Wildman–Crippen MR) is 94.9 cm³/mol. The molecule has 122 valence electrons. The first-order valence-corrected chi connectivity index (χ1v) is 7.65. The highest BCUT2D eigenvalue weighted by Gasteiger charge is 2.19. The monoisotopic (exact) mass is 312 g/mol. The largest absolute Gasteiger partial charge is 0.483 e. The molecule has 0 aliphatic heterocycles. The minimum absolute atomic E-state index is 0.0308.